The second kappa shape index (κ2) is 58.4. The number of unbranched alkanes of at least 4 members (excludes halogenated alkanes) is 48. The number of carbonyl (C=O) groups excluding carboxylic acids is 2. The third kappa shape index (κ3) is 54.2. The number of aliphatic hydroxyl groups is 2. The van der Waals surface area contributed by atoms with Gasteiger partial charge in [0.15, 0.2) is 0 Å². The van der Waals surface area contributed by atoms with Gasteiger partial charge in [-0.05, 0) is 25.7 Å². The Hall–Kier alpha value is -1.14. The number of nitrogens with one attached hydrogen (secondary N) is 1. The summed E-state index contributed by atoms with van der Waals surface area (Å²) in [5, 5.41) is 23.3. The second-order valence-electron chi connectivity index (χ2n) is 21.8. The van der Waals surface area contributed by atoms with E-state index in [2.05, 4.69) is 19.2 Å². The monoisotopic (exact) mass is 962 g/mol. The number of rotatable bonds is 59. The maximum Gasteiger partial charge on any atom is 0.305 e. The maximum atomic E-state index is 12.5. The van der Waals surface area contributed by atoms with Crippen LogP contribution in [0.3, 0.4) is 0 Å². The van der Waals surface area contributed by atoms with Crippen molar-refractivity contribution < 1.29 is 24.5 Å². The van der Waals surface area contributed by atoms with E-state index < -0.39 is 12.1 Å². The van der Waals surface area contributed by atoms with Crippen molar-refractivity contribution in [3.05, 3.63) is 0 Å². The van der Waals surface area contributed by atoms with Crippen molar-refractivity contribution in [1.82, 2.24) is 5.32 Å². The highest BCUT2D eigenvalue weighted by atomic mass is 16.5. The molecule has 0 saturated heterocycles. The Morgan fingerprint density at radius 1 is 0.353 bits per heavy atom. The predicted molar refractivity (Wildman–Crippen MR) is 297 cm³/mol. The third-order valence-electron chi connectivity index (χ3n) is 14.9. The molecule has 0 aromatic rings. The molecule has 406 valence electrons. The number of hydrogen-bond acceptors (Lipinski definition) is 5. The molecule has 0 spiro atoms. The topological polar surface area (TPSA) is 95.9 Å². The van der Waals surface area contributed by atoms with Crippen LogP contribution in [0.5, 0.6) is 0 Å². The molecule has 0 rings (SSSR count). The second-order valence-corrected chi connectivity index (χ2v) is 21.8. The number of esters is 1. The van der Waals surface area contributed by atoms with E-state index in [0.29, 0.717) is 25.9 Å². The minimum absolute atomic E-state index is 0.0140. The van der Waals surface area contributed by atoms with Crippen molar-refractivity contribution in [1.29, 1.82) is 0 Å². The van der Waals surface area contributed by atoms with Crippen LogP contribution in [-0.4, -0.2) is 47.4 Å². The van der Waals surface area contributed by atoms with E-state index >= 15 is 0 Å². The molecule has 6 heteroatoms. The Kier molecular flexibility index (Phi) is 57.5. The maximum absolute atomic E-state index is 12.5. The summed E-state index contributed by atoms with van der Waals surface area (Å²) in [5.41, 5.74) is 0. The lowest BCUT2D eigenvalue weighted by molar-refractivity contribution is -0.143. The van der Waals surface area contributed by atoms with Crippen molar-refractivity contribution in [2.45, 2.75) is 373 Å². The van der Waals surface area contributed by atoms with Gasteiger partial charge in [0.05, 0.1) is 25.4 Å². The first kappa shape index (κ1) is 66.9. The molecule has 0 aliphatic carbocycles. The van der Waals surface area contributed by atoms with E-state index in [1.807, 2.05) is 0 Å². The Labute approximate surface area is 426 Å². The van der Waals surface area contributed by atoms with Crippen molar-refractivity contribution in [2.24, 2.45) is 0 Å². The molecule has 0 aromatic heterocycles. The summed E-state index contributed by atoms with van der Waals surface area (Å²) in [6.07, 6.45) is 68.3. The summed E-state index contributed by atoms with van der Waals surface area (Å²) in [6.45, 7) is 4.98. The van der Waals surface area contributed by atoms with Gasteiger partial charge in [0.2, 0.25) is 5.91 Å². The quantitative estimate of drug-likeness (QED) is 0.0417. The van der Waals surface area contributed by atoms with Crippen molar-refractivity contribution in [2.75, 3.05) is 13.2 Å². The fraction of sp³-hybridized carbons (Fsp3) is 0.968. The molecule has 0 fully saturated rings. The van der Waals surface area contributed by atoms with Gasteiger partial charge in [0.1, 0.15) is 0 Å². The smallest absolute Gasteiger partial charge is 0.305 e. The first-order chi connectivity index (χ1) is 33.5. The summed E-state index contributed by atoms with van der Waals surface area (Å²) in [7, 11) is 0. The number of ether oxygens (including phenoxy) is 1. The van der Waals surface area contributed by atoms with Crippen LogP contribution in [0.2, 0.25) is 0 Å². The normalized spacial score (nSPS) is 12.5. The van der Waals surface area contributed by atoms with E-state index in [9.17, 15) is 19.8 Å². The highest BCUT2D eigenvalue weighted by molar-refractivity contribution is 5.76. The molecule has 0 aliphatic heterocycles. The Morgan fingerprint density at radius 2 is 0.603 bits per heavy atom. The van der Waals surface area contributed by atoms with Crippen LogP contribution in [0.1, 0.15) is 361 Å². The van der Waals surface area contributed by atoms with Crippen molar-refractivity contribution >= 4 is 11.9 Å². The highest BCUT2D eigenvalue weighted by Gasteiger charge is 2.20. The summed E-state index contributed by atoms with van der Waals surface area (Å²) < 4.78 is 5.47. The van der Waals surface area contributed by atoms with E-state index in [4.69, 9.17) is 4.74 Å². The number of amides is 1. The largest absolute Gasteiger partial charge is 0.466 e. The van der Waals surface area contributed by atoms with Gasteiger partial charge in [-0.15, -0.1) is 0 Å². The zero-order chi connectivity index (χ0) is 49.3. The first-order valence-corrected chi connectivity index (χ1v) is 31.3. The van der Waals surface area contributed by atoms with E-state index in [0.717, 1.165) is 38.5 Å². The number of hydrogen-bond donors (Lipinski definition) is 3. The summed E-state index contributed by atoms with van der Waals surface area (Å²) in [5.74, 6) is -0.0171. The molecular weight excluding hydrogens is 839 g/mol. The SMILES string of the molecule is CCCCCCCCCCCCCCCCCCCCC(O)C(CO)NC(=O)CCCCCCCCCCCCCCCCCCCCCCCCOC(=O)CCCCCCCCCCCCC. The summed E-state index contributed by atoms with van der Waals surface area (Å²) in [4.78, 5) is 24.5. The Balaban J connectivity index is 3.37. The standard InChI is InChI=1S/C62H123NO5/c1-3-5-7-9-11-13-15-16-17-18-25-28-31-35-38-42-46-50-54-60(65)59(58-64)63-61(66)55-51-47-43-39-36-32-29-26-23-21-19-20-22-24-27-30-33-37-41-45-49-53-57-68-62(67)56-52-48-44-40-34-14-12-10-8-6-4-2/h59-60,64-65H,3-58H2,1-2H3,(H,63,66). The fourth-order valence-corrected chi connectivity index (χ4v) is 10.1. The fourth-order valence-electron chi connectivity index (χ4n) is 10.1. The molecule has 0 bridgehead atoms. The van der Waals surface area contributed by atoms with Crippen LogP contribution in [0, 0.1) is 0 Å². The molecule has 0 aromatic carbocycles. The zero-order valence-electron chi connectivity index (χ0n) is 46.4. The molecule has 2 atom stereocenters. The van der Waals surface area contributed by atoms with Crippen LogP contribution < -0.4 is 5.32 Å². The van der Waals surface area contributed by atoms with Gasteiger partial charge >= 0.3 is 5.97 Å². The molecular formula is C62H123NO5. The molecule has 0 aliphatic rings. The van der Waals surface area contributed by atoms with Gasteiger partial charge in [-0.2, -0.15) is 0 Å². The van der Waals surface area contributed by atoms with Gasteiger partial charge in [0, 0.05) is 12.8 Å². The van der Waals surface area contributed by atoms with Gasteiger partial charge in [-0.25, -0.2) is 0 Å². The zero-order valence-corrected chi connectivity index (χ0v) is 46.4. The van der Waals surface area contributed by atoms with Crippen molar-refractivity contribution in [3.63, 3.8) is 0 Å². The van der Waals surface area contributed by atoms with Gasteiger partial charge in [-0.1, -0.05) is 322 Å². The third-order valence-corrected chi connectivity index (χ3v) is 14.9. The highest BCUT2D eigenvalue weighted by Crippen LogP contribution is 2.19. The van der Waals surface area contributed by atoms with E-state index in [-0.39, 0.29) is 18.5 Å². The van der Waals surface area contributed by atoms with Crippen LogP contribution in [-0.2, 0) is 14.3 Å². The minimum Gasteiger partial charge on any atom is -0.466 e. The van der Waals surface area contributed by atoms with Gasteiger partial charge in [-0.3, -0.25) is 9.59 Å². The van der Waals surface area contributed by atoms with Gasteiger partial charge < -0.3 is 20.3 Å². The number of aliphatic hydroxyl groups excluding tert-OH is 2. The first-order valence-electron chi connectivity index (χ1n) is 31.3. The van der Waals surface area contributed by atoms with Gasteiger partial charge in [0.25, 0.3) is 0 Å². The summed E-state index contributed by atoms with van der Waals surface area (Å²) in [6, 6.07) is -0.540. The molecule has 3 N–H and O–H groups in total. The predicted octanol–water partition coefficient (Wildman–Crippen LogP) is 19.5. The average Bonchev–Trinajstić information content (AvgIpc) is 3.34. The minimum atomic E-state index is -0.663. The van der Waals surface area contributed by atoms with Crippen LogP contribution in [0.25, 0.3) is 0 Å². The average molecular weight is 963 g/mol. The molecule has 0 radical (unpaired) electrons. The Bertz CT molecular complexity index is 975. The molecule has 6 nitrogen and oxygen atoms in total. The van der Waals surface area contributed by atoms with Crippen LogP contribution >= 0.6 is 0 Å². The van der Waals surface area contributed by atoms with E-state index in [1.165, 1.54) is 289 Å². The molecule has 1 amide bonds. The molecule has 0 heterocycles. The van der Waals surface area contributed by atoms with Crippen LogP contribution in [0.15, 0.2) is 0 Å². The lowest BCUT2D eigenvalue weighted by Gasteiger charge is -2.22. The van der Waals surface area contributed by atoms with Crippen molar-refractivity contribution in [3.8, 4) is 0 Å². The van der Waals surface area contributed by atoms with E-state index in [1.54, 1.807) is 0 Å². The lowest BCUT2D eigenvalue weighted by Crippen LogP contribution is -2.45. The molecule has 0 saturated carbocycles. The molecule has 2 unspecified atom stereocenters. The molecule has 68 heavy (non-hydrogen) atoms. The lowest BCUT2D eigenvalue weighted by atomic mass is 10.0. The van der Waals surface area contributed by atoms with Crippen LogP contribution in [0.4, 0.5) is 0 Å². The number of carbonyl (C=O) groups is 2. The summed E-state index contributed by atoms with van der Waals surface area (Å²) >= 11 is 0. The Morgan fingerprint density at radius 3 is 0.897 bits per heavy atom.